The van der Waals surface area contributed by atoms with E-state index < -0.39 is 0 Å². The molecule has 0 aliphatic heterocycles. The van der Waals surface area contributed by atoms with Crippen LogP contribution in [0.2, 0.25) is 5.02 Å². The molecule has 0 spiro atoms. The summed E-state index contributed by atoms with van der Waals surface area (Å²) in [4.78, 5) is 0. The van der Waals surface area contributed by atoms with Gasteiger partial charge in [-0.25, -0.2) is 0 Å². The van der Waals surface area contributed by atoms with Gasteiger partial charge in [-0.3, -0.25) is 0 Å². The number of phenols is 1. The van der Waals surface area contributed by atoms with E-state index in [1.807, 2.05) is 60.7 Å². The first-order valence-electron chi connectivity index (χ1n) is 7.27. The van der Waals surface area contributed by atoms with Crippen molar-refractivity contribution in [3.05, 3.63) is 76.8 Å². The second-order valence-corrected chi connectivity index (χ2v) is 5.78. The average Bonchev–Trinajstić information content (AvgIpc) is 2.54. The van der Waals surface area contributed by atoms with Gasteiger partial charge in [-0.05, 0) is 29.5 Å². The maximum Gasteiger partial charge on any atom is 0.127 e. The van der Waals surface area contributed by atoms with Crippen molar-refractivity contribution in [1.29, 1.82) is 0 Å². The first-order chi connectivity index (χ1) is 10.7. The van der Waals surface area contributed by atoms with Gasteiger partial charge in [0.1, 0.15) is 5.75 Å². The van der Waals surface area contributed by atoms with Crippen molar-refractivity contribution in [2.75, 3.05) is 6.61 Å². The smallest absolute Gasteiger partial charge is 0.127 e. The van der Waals surface area contributed by atoms with Crippen LogP contribution in [0.25, 0.3) is 10.8 Å². The Morgan fingerprint density at radius 3 is 2.55 bits per heavy atom. The Bertz CT molecular complexity index is 798. The van der Waals surface area contributed by atoms with Gasteiger partial charge in [0.25, 0.3) is 0 Å². The lowest BCUT2D eigenvalue weighted by Gasteiger charge is -2.19. The molecule has 3 heteroatoms. The molecule has 22 heavy (non-hydrogen) atoms. The number of hydrogen-bond acceptors (Lipinski definition) is 2. The minimum Gasteiger partial charge on any atom is -0.507 e. The molecule has 0 fully saturated rings. The van der Waals surface area contributed by atoms with E-state index in [-0.39, 0.29) is 18.3 Å². The number of aliphatic hydroxyl groups excluding tert-OH is 1. The first-order valence-corrected chi connectivity index (χ1v) is 7.65. The number of phenolic OH excluding ortho intramolecular Hbond substituents is 1. The van der Waals surface area contributed by atoms with Gasteiger partial charge < -0.3 is 10.2 Å². The molecule has 3 aromatic rings. The Kier molecular flexibility index (Phi) is 4.32. The topological polar surface area (TPSA) is 40.5 Å². The van der Waals surface area contributed by atoms with E-state index in [0.29, 0.717) is 11.4 Å². The SMILES string of the molecule is OCC[C@@H](c1cccc(Cl)c1)c1ccc2ccccc2c1O. The maximum absolute atomic E-state index is 10.7. The van der Waals surface area contributed by atoms with E-state index >= 15 is 0 Å². The third kappa shape index (κ3) is 2.80. The van der Waals surface area contributed by atoms with Gasteiger partial charge >= 0.3 is 0 Å². The highest BCUT2D eigenvalue weighted by Crippen LogP contribution is 2.38. The Balaban J connectivity index is 2.14. The van der Waals surface area contributed by atoms with Crippen LogP contribution in [0.1, 0.15) is 23.5 Å². The zero-order chi connectivity index (χ0) is 15.5. The van der Waals surface area contributed by atoms with Gasteiger partial charge in [0.05, 0.1) is 0 Å². The summed E-state index contributed by atoms with van der Waals surface area (Å²) in [5.74, 6) is 0.185. The predicted octanol–water partition coefficient (Wildman–Crippen LogP) is 4.71. The Labute approximate surface area is 134 Å². The summed E-state index contributed by atoms with van der Waals surface area (Å²) < 4.78 is 0. The number of rotatable bonds is 4. The number of fused-ring (bicyclic) bond motifs is 1. The van der Waals surface area contributed by atoms with Crippen molar-refractivity contribution in [2.24, 2.45) is 0 Å². The van der Waals surface area contributed by atoms with E-state index in [2.05, 4.69) is 0 Å². The summed E-state index contributed by atoms with van der Waals surface area (Å²) in [6, 6.07) is 19.2. The van der Waals surface area contributed by atoms with Crippen LogP contribution in [0.3, 0.4) is 0 Å². The largest absolute Gasteiger partial charge is 0.507 e. The van der Waals surface area contributed by atoms with Crippen molar-refractivity contribution < 1.29 is 10.2 Å². The van der Waals surface area contributed by atoms with Crippen LogP contribution < -0.4 is 0 Å². The minimum atomic E-state index is -0.0895. The number of aromatic hydroxyl groups is 1. The standard InChI is InChI=1S/C19H17ClO2/c20-15-6-3-5-14(12-15)16(10-11-21)18-9-8-13-4-1-2-7-17(13)19(18)22/h1-9,12,16,21-22H,10-11H2/t16-/m0/s1. The molecule has 1 atom stereocenters. The molecule has 0 bridgehead atoms. The normalized spacial score (nSPS) is 12.5. The fraction of sp³-hybridized carbons (Fsp3) is 0.158. The molecule has 0 radical (unpaired) electrons. The molecule has 2 N–H and O–H groups in total. The summed E-state index contributed by atoms with van der Waals surface area (Å²) in [6.45, 7) is 0.0451. The molecular formula is C19H17ClO2. The van der Waals surface area contributed by atoms with E-state index in [4.69, 9.17) is 11.6 Å². The maximum atomic E-state index is 10.7. The number of benzene rings is 3. The summed E-state index contributed by atoms with van der Waals surface area (Å²) >= 11 is 6.09. The lowest BCUT2D eigenvalue weighted by atomic mass is 9.87. The molecule has 0 amide bonds. The van der Waals surface area contributed by atoms with Crippen LogP contribution in [0.4, 0.5) is 0 Å². The molecule has 3 aromatic carbocycles. The van der Waals surface area contributed by atoms with Gasteiger partial charge in [0, 0.05) is 28.5 Å². The van der Waals surface area contributed by atoms with E-state index in [9.17, 15) is 10.2 Å². The molecule has 0 heterocycles. The summed E-state index contributed by atoms with van der Waals surface area (Å²) in [5, 5.41) is 22.6. The van der Waals surface area contributed by atoms with Crippen LogP contribution in [0.5, 0.6) is 5.75 Å². The zero-order valence-corrected chi connectivity index (χ0v) is 12.8. The van der Waals surface area contributed by atoms with Crippen LogP contribution >= 0.6 is 11.6 Å². The Hall–Kier alpha value is -2.03. The number of halogens is 1. The number of hydrogen-bond donors (Lipinski definition) is 2. The van der Waals surface area contributed by atoms with E-state index in [1.54, 1.807) is 0 Å². The fourth-order valence-corrected chi connectivity index (χ4v) is 3.11. The van der Waals surface area contributed by atoms with Gasteiger partial charge in [-0.2, -0.15) is 0 Å². The predicted molar refractivity (Wildman–Crippen MR) is 90.6 cm³/mol. The van der Waals surface area contributed by atoms with Crippen molar-refractivity contribution in [1.82, 2.24) is 0 Å². The quantitative estimate of drug-likeness (QED) is 0.732. The lowest BCUT2D eigenvalue weighted by molar-refractivity contribution is 0.281. The van der Waals surface area contributed by atoms with Crippen LogP contribution in [-0.4, -0.2) is 16.8 Å². The molecule has 0 aliphatic rings. The molecular weight excluding hydrogens is 296 g/mol. The second-order valence-electron chi connectivity index (χ2n) is 5.34. The highest BCUT2D eigenvalue weighted by atomic mass is 35.5. The Morgan fingerprint density at radius 1 is 0.955 bits per heavy atom. The average molecular weight is 313 g/mol. The molecule has 3 rings (SSSR count). The first kappa shape index (κ1) is 14.9. The molecule has 0 saturated heterocycles. The van der Waals surface area contributed by atoms with Gasteiger partial charge in [0.15, 0.2) is 0 Å². The monoisotopic (exact) mass is 312 g/mol. The third-order valence-corrected chi connectivity index (χ3v) is 4.21. The fourth-order valence-electron chi connectivity index (χ4n) is 2.91. The highest BCUT2D eigenvalue weighted by Gasteiger charge is 2.19. The zero-order valence-electron chi connectivity index (χ0n) is 12.0. The summed E-state index contributed by atoms with van der Waals surface area (Å²) in [5.41, 5.74) is 1.81. The summed E-state index contributed by atoms with van der Waals surface area (Å²) in [7, 11) is 0. The lowest BCUT2D eigenvalue weighted by Crippen LogP contribution is -2.04. The van der Waals surface area contributed by atoms with Crippen LogP contribution in [0, 0.1) is 0 Å². The van der Waals surface area contributed by atoms with Crippen molar-refractivity contribution in [3.8, 4) is 5.75 Å². The third-order valence-electron chi connectivity index (χ3n) is 3.98. The second kappa shape index (κ2) is 6.39. The van der Waals surface area contributed by atoms with Crippen LogP contribution in [0.15, 0.2) is 60.7 Å². The van der Waals surface area contributed by atoms with Crippen molar-refractivity contribution in [2.45, 2.75) is 12.3 Å². The van der Waals surface area contributed by atoms with Gasteiger partial charge in [-0.15, -0.1) is 0 Å². The molecule has 0 saturated carbocycles. The Morgan fingerprint density at radius 2 is 1.77 bits per heavy atom. The molecule has 0 unspecified atom stereocenters. The van der Waals surface area contributed by atoms with Crippen LogP contribution in [-0.2, 0) is 0 Å². The molecule has 2 nitrogen and oxygen atoms in total. The highest BCUT2D eigenvalue weighted by molar-refractivity contribution is 6.30. The van der Waals surface area contributed by atoms with Gasteiger partial charge in [-0.1, -0.05) is 60.1 Å². The molecule has 0 aliphatic carbocycles. The van der Waals surface area contributed by atoms with Crippen molar-refractivity contribution >= 4 is 22.4 Å². The van der Waals surface area contributed by atoms with Gasteiger partial charge in [0.2, 0.25) is 0 Å². The molecule has 112 valence electrons. The van der Waals surface area contributed by atoms with E-state index in [0.717, 1.165) is 21.9 Å². The van der Waals surface area contributed by atoms with Crippen molar-refractivity contribution in [3.63, 3.8) is 0 Å². The number of aliphatic hydroxyl groups is 1. The van der Waals surface area contributed by atoms with E-state index in [1.165, 1.54) is 0 Å². The summed E-state index contributed by atoms with van der Waals surface area (Å²) in [6.07, 6.45) is 0.534. The molecule has 0 aromatic heterocycles. The minimum absolute atomic E-state index is 0.0451.